The molecular formula is C14H22N2S. The van der Waals surface area contributed by atoms with Crippen LogP contribution >= 0.6 is 11.3 Å². The summed E-state index contributed by atoms with van der Waals surface area (Å²) in [6, 6.07) is 0.788. The minimum atomic E-state index is 0.755. The summed E-state index contributed by atoms with van der Waals surface area (Å²) in [6.45, 7) is 3.35. The largest absolute Gasteiger partial charge is 0.308 e. The van der Waals surface area contributed by atoms with E-state index >= 15 is 0 Å². The molecule has 1 aromatic heterocycles. The van der Waals surface area contributed by atoms with E-state index in [9.17, 15) is 0 Å². The van der Waals surface area contributed by atoms with Gasteiger partial charge in [-0.3, -0.25) is 0 Å². The average Bonchev–Trinajstić information content (AvgIpc) is 3.06. The molecule has 1 aromatic rings. The highest BCUT2D eigenvalue weighted by Crippen LogP contribution is 2.36. The van der Waals surface area contributed by atoms with Gasteiger partial charge in [0.2, 0.25) is 0 Å². The third-order valence-corrected chi connectivity index (χ3v) is 5.14. The minimum absolute atomic E-state index is 0.755. The SMILES string of the molecule is CC1CCC(c2nc(CNC3CC3)cs2)CC1. The van der Waals surface area contributed by atoms with Crippen molar-refractivity contribution in [3.63, 3.8) is 0 Å². The molecule has 0 aromatic carbocycles. The average molecular weight is 250 g/mol. The second-order valence-corrected chi connectivity index (χ2v) is 6.68. The van der Waals surface area contributed by atoms with Gasteiger partial charge in [-0.05, 0) is 31.6 Å². The molecule has 0 radical (unpaired) electrons. The summed E-state index contributed by atoms with van der Waals surface area (Å²) in [5.74, 6) is 1.69. The van der Waals surface area contributed by atoms with Gasteiger partial charge in [-0.1, -0.05) is 19.8 Å². The zero-order chi connectivity index (χ0) is 11.7. The summed E-state index contributed by atoms with van der Waals surface area (Å²) in [4.78, 5) is 4.81. The first kappa shape index (κ1) is 11.7. The molecule has 2 fully saturated rings. The van der Waals surface area contributed by atoms with E-state index in [1.807, 2.05) is 11.3 Å². The lowest BCUT2D eigenvalue weighted by Gasteiger charge is -2.24. The molecule has 0 spiro atoms. The number of thiazole rings is 1. The van der Waals surface area contributed by atoms with Gasteiger partial charge in [0.15, 0.2) is 0 Å². The molecule has 2 aliphatic carbocycles. The van der Waals surface area contributed by atoms with Gasteiger partial charge in [-0.15, -0.1) is 11.3 Å². The first-order chi connectivity index (χ1) is 8.31. The van der Waals surface area contributed by atoms with Gasteiger partial charge in [0.25, 0.3) is 0 Å². The number of hydrogen-bond donors (Lipinski definition) is 1. The molecule has 1 N–H and O–H groups in total. The molecular weight excluding hydrogens is 228 g/mol. The van der Waals surface area contributed by atoms with E-state index in [0.717, 1.165) is 24.4 Å². The minimum Gasteiger partial charge on any atom is -0.308 e. The number of nitrogens with one attached hydrogen (secondary N) is 1. The van der Waals surface area contributed by atoms with Crippen molar-refractivity contribution in [3.05, 3.63) is 16.1 Å². The van der Waals surface area contributed by atoms with Crippen LogP contribution in [0, 0.1) is 5.92 Å². The van der Waals surface area contributed by atoms with E-state index in [1.165, 1.54) is 49.2 Å². The van der Waals surface area contributed by atoms with Gasteiger partial charge in [0.1, 0.15) is 0 Å². The first-order valence-electron chi connectivity index (χ1n) is 6.99. The third kappa shape index (κ3) is 3.08. The van der Waals surface area contributed by atoms with Gasteiger partial charge in [-0.2, -0.15) is 0 Å². The molecule has 2 nitrogen and oxygen atoms in total. The second-order valence-electron chi connectivity index (χ2n) is 5.79. The van der Waals surface area contributed by atoms with Crippen molar-refractivity contribution in [3.8, 4) is 0 Å². The predicted molar refractivity (Wildman–Crippen MR) is 72.3 cm³/mol. The van der Waals surface area contributed by atoms with E-state index in [4.69, 9.17) is 4.98 Å². The summed E-state index contributed by atoms with van der Waals surface area (Å²) in [5.41, 5.74) is 1.26. The molecule has 1 heterocycles. The summed E-state index contributed by atoms with van der Waals surface area (Å²) < 4.78 is 0. The lowest BCUT2D eigenvalue weighted by atomic mass is 9.83. The molecule has 17 heavy (non-hydrogen) atoms. The molecule has 0 unspecified atom stereocenters. The maximum Gasteiger partial charge on any atom is 0.0959 e. The quantitative estimate of drug-likeness (QED) is 0.881. The zero-order valence-electron chi connectivity index (χ0n) is 10.6. The predicted octanol–water partition coefficient (Wildman–Crippen LogP) is 3.69. The van der Waals surface area contributed by atoms with Crippen molar-refractivity contribution in [2.75, 3.05) is 0 Å². The zero-order valence-corrected chi connectivity index (χ0v) is 11.4. The Balaban J connectivity index is 1.55. The number of hydrogen-bond acceptors (Lipinski definition) is 3. The molecule has 0 aliphatic heterocycles. The lowest BCUT2D eigenvalue weighted by molar-refractivity contribution is 0.347. The molecule has 3 heteroatoms. The van der Waals surface area contributed by atoms with Crippen molar-refractivity contribution in [1.29, 1.82) is 0 Å². The summed E-state index contributed by atoms with van der Waals surface area (Å²) in [7, 11) is 0. The van der Waals surface area contributed by atoms with Crippen LogP contribution in [0.25, 0.3) is 0 Å². The van der Waals surface area contributed by atoms with E-state index in [0.29, 0.717) is 0 Å². The molecule has 94 valence electrons. The standard InChI is InChI=1S/C14H22N2S/c1-10-2-4-11(5-3-10)14-16-13(9-17-14)8-15-12-6-7-12/h9-12,15H,2-8H2,1H3. The summed E-state index contributed by atoms with van der Waals surface area (Å²) >= 11 is 1.88. The maximum absolute atomic E-state index is 4.81. The van der Waals surface area contributed by atoms with Crippen molar-refractivity contribution in [1.82, 2.24) is 10.3 Å². The molecule has 0 atom stereocenters. The first-order valence-corrected chi connectivity index (χ1v) is 7.87. The molecule has 0 saturated heterocycles. The molecule has 2 saturated carbocycles. The highest BCUT2D eigenvalue weighted by Gasteiger charge is 2.23. The monoisotopic (exact) mass is 250 g/mol. The van der Waals surface area contributed by atoms with Crippen molar-refractivity contribution >= 4 is 11.3 Å². The highest BCUT2D eigenvalue weighted by molar-refractivity contribution is 7.09. The Morgan fingerprint density at radius 3 is 2.71 bits per heavy atom. The van der Waals surface area contributed by atoms with E-state index in [-0.39, 0.29) is 0 Å². The van der Waals surface area contributed by atoms with Crippen LogP contribution in [-0.4, -0.2) is 11.0 Å². The molecule has 0 amide bonds. The topological polar surface area (TPSA) is 24.9 Å². The van der Waals surface area contributed by atoms with Gasteiger partial charge < -0.3 is 5.32 Å². The number of nitrogens with zero attached hydrogens (tertiary/aromatic N) is 1. The van der Waals surface area contributed by atoms with Gasteiger partial charge in [0, 0.05) is 23.9 Å². The fourth-order valence-electron chi connectivity index (χ4n) is 2.63. The number of aromatic nitrogens is 1. The maximum atomic E-state index is 4.81. The Labute approximate surface area is 108 Å². The lowest BCUT2D eigenvalue weighted by Crippen LogP contribution is -2.16. The fourth-order valence-corrected chi connectivity index (χ4v) is 3.63. The van der Waals surface area contributed by atoms with Crippen LogP contribution in [0.1, 0.15) is 62.1 Å². The van der Waals surface area contributed by atoms with Gasteiger partial charge >= 0.3 is 0 Å². The molecule has 3 rings (SSSR count). The van der Waals surface area contributed by atoms with Gasteiger partial charge in [0.05, 0.1) is 10.7 Å². The Hall–Kier alpha value is -0.410. The van der Waals surface area contributed by atoms with Crippen LogP contribution in [0.15, 0.2) is 5.38 Å². The van der Waals surface area contributed by atoms with Crippen LogP contribution < -0.4 is 5.32 Å². The third-order valence-electron chi connectivity index (χ3n) is 4.08. The Morgan fingerprint density at radius 1 is 1.24 bits per heavy atom. The van der Waals surface area contributed by atoms with Crippen molar-refractivity contribution < 1.29 is 0 Å². The van der Waals surface area contributed by atoms with E-state index in [2.05, 4.69) is 17.6 Å². The van der Waals surface area contributed by atoms with Crippen LogP contribution in [0.5, 0.6) is 0 Å². The Kier molecular flexibility index (Phi) is 3.48. The summed E-state index contributed by atoms with van der Waals surface area (Å²) in [6.07, 6.45) is 8.20. The Morgan fingerprint density at radius 2 is 2.00 bits per heavy atom. The molecule has 2 aliphatic rings. The normalized spacial score (nSPS) is 29.5. The van der Waals surface area contributed by atoms with Crippen LogP contribution in [0.3, 0.4) is 0 Å². The van der Waals surface area contributed by atoms with E-state index in [1.54, 1.807) is 0 Å². The number of rotatable bonds is 4. The Bertz CT molecular complexity index is 362. The smallest absolute Gasteiger partial charge is 0.0959 e. The van der Waals surface area contributed by atoms with Crippen LogP contribution in [0.4, 0.5) is 0 Å². The van der Waals surface area contributed by atoms with E-state index < -0.39 is 0 Å². The van der Waals surface area contributed by atoms with Crippen molar-refractivity contribution in [2.24, 2.45) is 5.92 Å². The van der Waals surface area contributed by atoms with Crippen molar-refractivity contribution in [2.45, 2.75) is 64.0 Å². The second kappa shape index (κ2) is 5.07. The fraction of sp³-hybridized carbons (Fsp3) is 0.786. The highest BCUT2D eigenvalue weighted by atomic mass is 32.1. The summed E-state index contributed by atoms with van der Waals surface area (Å²) in [5, 5.41) is 7.19. The van der Waals surface area contributed by atoms with Gasteiger partial charge in [-0.25, -0.2) is 4.98 Å². The van der Waals surface area contributed by atoms with Crippen LogP contribution in [-0.2, 0) is 6.54 Å². The van der Waals surface area contributed by atoms with Crippen LogP contribution in [0.2, 0.25) is 0 Å². The molecule has 0 bridgehead atoms.